The molecule has 1 fully saturated rings. The van der Waals surface area contributed by atoms with Gasteiger partial charge in [-0.1, -0.05) is 31.9 Å². The Labute approximate surface area is 115 Å². The second kappa shape index (κ2) is 4.97. The van der Waals surface area contributed by atoms with Gasteiger partial charge in [-0.05, 0) is 46.0 Å². The van der Waals surface area contributed by atoms with E-state index in [0.717, 1.165) is 19.3 Å². The van der Waals surface area contributed by atoms with Gasteiger partial charge in [-0.2, -0.15) is 0 Å². The summed E-state index contributed by atoms with van der Waals surface area (Å²) in [7, 11) is 0. The highest BCUT2D eigenvalue weighted by atomic mass is 79.9. The molecule has 0 aliphatic heterocycles. The Morgan fingerprint density at radius 2 is 2.06 bits per heavy atom. The van der Waals surface area contributed by atoms with Crippen molar-refractivity contribution in [2.45, 2.75) is 61.6 Å². The monoisotopic (exact) mass is 353 g/mol. The van der Waals surface area contributed by atoms with Crippen LogP contribution in [0.15, 0.2) is 0 Å². The minimum atomic E-state index is -0.110. The molecule has 0 heterocycles. The van der Waals surface area contributed by atoms with Crippen molar-refractivity contribution in [2.24, 2.45) is 5.92 Å². The van der Waals surface area contributed by atoms with Crippen molar-refractivity contribution < 1.29 is 4.79 Å². The fraction of sp³-hybridized carbons (Fsp3) is 0.917. The third-order valence-electron chi connectivity index (χ3n) is 3.65. The number of nitrogens with one attached hydrogen (secondary N) is 1. The van der Waals surface area contributed by atoms with Gasteiger partial charge in [0.05, 0.1) is 0 Å². The van der Waals surface area contributed by atoms with Gasteiger partial charge >= 0.3 is 0 Å². The molecule has 3 atom stereocenters. The van der Waals surface area contributed by atoms with E-state index in [2.05, 4.69) is 57.9 Å². The van der Waals surface area contributed by atoms with Crippen molar-refractivity contribution in [1.29, 1.82) is 0 Å². The summed E-state index contributed by atoms with van der Waals surface area (Å²) in [5.74, 6) is 0.592. The summed E-state index contributed by atoms with van der Waals surface area (Å²) in [6, 6.07) is 0. The van der Waals surface area contributed by atoms with Gasteiger partial charge in [-0.3, -0.25) is 4.79 Å². The molecule has 94 valence electrons. The van der Waals surface area contributed by atoms with Crippen molar-refractivity contribution >= 4 is 37.8 Å². The fourth-order valence-electron chi connectivity index (χ4n) is 2.44. The summed E-state index contributed by atoms with van der Waals surface area (Å²) in [5, 5.41) is 3.06. The molecular weight excluding hydrogens is 334 g/mol. The molecule has 1 amide bonds. The standard InChI is InChI=1S/C12H21Br2NO/c1-8(16)15-11(2,3)9-5-6-12(4,14)10(13)7-9/h9-10H,5-7H2,1-4H3,(H,15,16). The quantitative estimate of drug-likeness (QED) is 0.754. The summed E-state index contributed by atoms with van der Waals surface area (Å²) in [4.78, 5) is 11.6. The van der Waals surface area contributed by atoms with Crippen LogP contribution in [-0.2, 0) is 4.79 Å². The molecule has 0 aromatic carbocycles. The minimum absolute atomic E-state index is 0.0586. The predicted octanol–water partition coefficient (Wildman–Crippen LogP) is 3.62. The fourth-order valence-corrected chi connectivity index (χ4v) is 3.53. The van der Waals surface area contributed by atoms with Crippen LogP contribution >= 0.6 is 31.9 Å². The van der Waals surface area contributed by atoms with E-state index in [4.69, 9.17) is 0 Å². The molecule has 0 spiro atoms. The Kier molecular flexibility index (Phi) is 4.50. The number of halogens is 2. The van der Waals surface area contributed by atoms with Gasteiger partial charge in [-0.25, -0.2) is 0 Å². The smallest absolute Gasteiger partial charge is 0.217 e. The largest absolute Gasteiger partial charge is 0.351 e. The Hall–Kier alpha value is 0.430. The Morgan fingerprint density at radius 3 is 2.50 bits per heavy atom. The first-order valence-electron chi connectivity index (χ1n) is 5.77. The average molecular weight is 355 g/mol. The van der Waals surface area contributed by atoms with Gasteiger partial charge in [0.15, 0.2) is 0 Å². The van der Waals surface area contributed by atoms with Crippen LogP contribution in [0.5, 0.6) is 0 Å². The van der Waals surface area contributed by atoms with Crippen LogP contribution in [0.25, 0.3) is 0 Å². The first-order valence-corrected chi connectivity index (χ1v) is 7.48. The lowest BCUT2D eigenvalue weighted by atomic mass is 9.73. The highest BCUT2D eigenvalue weighted by Crippen LogP contribution is 2.45. The van der Waals surface area contributed by atoms with E-state index in [9.17, 15) is 4.79 Å². The molecule has 1 saturated carbocycles. The van der Waals surface area contributed by atoms with Crippen molar-refractivity contribution in [3.63, 3.8) is 0 Å². The number of rotatable bonds is 2. The highest BCUT2D eigenvalue weighted by molar-refractivity contribution is 9.12. The lowest BCUT2D eigenvalue weighted by Crippen LogP contribution is -2.52. The first-order chi connectivity index (χ1) is 7.15. The molecule has 1 N–H and O–H groups in total. The zero-order valence-electron chi connectivity index (χ0n) is 10.4. The molecule has 0 aromatic heterocycles. The summed E-state index contributed by atoms with van der Waals surface area (Å²) in [6.45, 7) is 8.06. The highest BCUT2D eigenvalue weighted by Gasteiger charge is 2.42. The maximum absolute atomic E-state index is 11.2. The van der Waals surface area contributed by atoms with Gasteiger partial charge in [0.2, 0.25) is 5.91 Å². The molecule has 2 nitrogen and oxygen atoms in total. The van der Waals surface area contributed by atoms with E-state index in [-0.39, 0.29) is 15.8 Å². The number of alkyl halides is 2. The van der Waals surface area contributed by atoms with Gasteiger partial charge in [0.25, 0.3) is 0 Å². The number of amides is 1. The van der Waals surface area contributed by atoms with E-state index >= 15 is 0 Å². The third kappa shape index (κ3) is 3.46. The van der Waals surface area contributed by atoms with Crippen molar-refractivity contribution in [3.05, 3.63) is 0 Å². The number of carbonyl (C=O) groups excluding carboxylic acids is 1. The van der Waals surface area contributed by atoms with Crippen LogP contribution in [0.2, 0.25) is 0 Å². The Balaban J connectivity index is 2.67. The van der Waals surface area contributed by atoms with Crippen LogP contribution in [-0.4, -0.2) is 20.6 Å². The van der Waals surface area contributed by atoms with Crippen LogP contribution in [0.4, 0.5) is 0 Å². The van der Waals surface area contributed by atoms with Gasteiger partial charge in [0.1, 0.15) is 0 Å². The minimum Gasteiger partial charge on any atom is -0.351 e. The second-order valence-electron chi connectivity index (χ2n) is 5.62. The molecule has 1 rings (SSSR count). The molecule has 0 aromatic rings. The van der Waals surface area contributed by atoms with E-state index < -0.39 is 0 Å². The summed E-state index contributed by atoms with van der Waals surface area (Å²) in [5.41, 5.74) is -0.110. The first kappa shape index (κ1) is 14.5. The van der Waals surface area contributed by atoms with Gasteiger partial charge < -0.3 is 5.32 Å². The lowest BCUT2D eigenvalue weighted by Gasteiger charge is -2.44. The number of hydrogen-bond donors (Lipinski definition) is 1. The molecular formula is C12H21Br2NO. The maximum Gasteiger partial charge on any atom is 0.217 e. The van der Waals surface area contributed by atoms with Crippen LogP contribution in [0.3, 0.4) is 0 Å². The SMILES string of the molecule is CC(=O)NC(C)(C)C1CCC(C)(Br)C(Br)C1. The van der Waals surface area contributed by atoms with Crippen LogP contribution in [0, 0.1) is 5.92 Å². The number of hydrogen-bond acceptors (Lipinski definition) is 1. The summed E-state index contributed by atoms with van der Waals surface area (Å²) >= 11 is 7.52. The molecule has 0 bridgehead atoms. The predicted molar refractivity (Wildman–Crippen MR) is 75.3 cm³/mol. The molecule has 1 aliphatic rings. The van der Waals surface area contributed by atoms with Crippen LogP contribution in [0.1, 0.15) is 47.0 Å². The second-order valence-corrected chi connectivity index (χ2v) is 8.54. The van der Waals surface area contributed by atoms with Gasteiger partial charge in [0, 0.05) is 21.6 Å². The van der Waals surface area contributed by atoms with Crippen molar-refractivity contribution in [2.75, 3.05) is 0 Å². The molecule has 0 radical (unpaired) electrons. The summed E-state index contributed by atoms with van der Waals surface area (Å²) < 4.78 is 0.190. The third-order valence-corrected chi connectivity index (χ3v) is 6.59. The van der Waals surface area contributed by atoms with E-state index in [0.29, 0.717) is 10.7 Å². The van der Waals surface area contributed by atoms with Gasteiger partial charge in [-0.15, -0.1) is 0 Å². The number of carbonyl (C=O) groups is 1. The zero-order chi connectivity index (χ0) is 12.6. The lowest BCUT2D eigenvalue weighted by molar-refractivity contribution is -0.121. The Bertz CT molecular complexity index is 276. The molecule has 3 unspecified atom stereocenters. The van der Waals surface area contributed by atoms with E-state index in [1.165, 1.54) is 0 Å². The average Bonchev–Trinajstić information content (AvgIpc) is 2.07. The molecule has 4 heteroatoms. The van der Waals surface area contributed by atoms with E-state index in [1.54, 1.807) is 6.92 Å². The molecule has 16 heavy (non-hydrogen) atoms. The van der Waals surface area contributed by atoms with Crippen LogP contribution < -0.4 is 5.32 Å². The topological polar surface area (TPSA) is 29.1 Å². The summed E-state index contributed by atoms with van der Waals surface area (Å²) in [6.07, 6.45) is 3.38. The Morgan fingerprint density at radius 1 is 1.50 bits per heavy atom. The molecule has 1 aliphatic carbocycles. The van der Waals surface area contributed by atoms with Crippen molar-refractivity contribution in [3.8, 4) is 0 Å². The van der Waals surface area contributed by atoms with Crippen molar-refractivity contribution in [1.82, 2.24) is 5.32 Å². The normalized spacial score (nSPS) is 35.9. The maximum atomic E-state index is 11.2. The molecule has 0 saturated heterocycles. The zero-order valence-corrected chi connectivity index (χ0v) is 13.6. The van der Waals surface area contributed by atoms with E-state index in [1.807, 2.05) is 0 Å².